The van der Waals surface area contributed by atoms with Gasteiger partial charge in [0.1, 0.15) is 17.9 Å². The average molecular weight is 411 g/mol. The number of carbonyl (C=O) groups excluding carboxylic acids is 3. The monoisotopic (exact) mass is 411 g/mol. The molecule has 1 aliphatic rings. The Labute approximate surface area is 175 Å². The molecule has 2 aromatic rings. The normalized spacial score (nSPS) is 18.4. The van der Waals surface area contributed by atoms with Crippen molar-refractivity contribution in [1.82, 2.24) is 15.1 Å². The molecule has 2 aromatic carbocycles. The van der Waals surface area contributed by atoms with Gasteiger partial charge in [-0.05, 0) is 36.6 Å². The second-order valence-corrected chi connectivity index (χ2v) is 7.38. The Balaban J connectivity index is 1.79. The van der Waals surface area contributed by atoms with Gasteiger partial charge in [0.25, 0.3) is 5.91 Å². The predicted molar refractivity (Wildman–Crippen MR) is 111 cm³/mol. The third-order valence-corrected chi connectivity index (χ3v) is 5.36. The summed E-state index contributed by atoms with van der Waals surface area (Å²) < 4.78 is 13.5. The predicted octanol–water partition coefficient (Wildman–Crippen LogP) is 3.42. The van der Waals surface area contributed by atoms with E-state index in [1.165, 1.54) is 17.0 Å². The zero-order valence-corrected chi connectivity index (χ0v) is 17.2. The minimum atomic E-state index is -1.16. The number of nitrogens with one attached hydrogen (secondary N) is 1. The van der Waals surface area contributed by atoms with Crippen LogP contribution < -0.4 is 5.32 Å². The lowest BCUT2D eigenvalue weighted by Gasteiger charge is -2.27. The van der Waals surface area contributed by atoms with Gasteiger partial charge in [0.05, 0.1) is 0 Å². The van der Waals surface area contributed by atoms with Gasteiger partial charge >= 0.3 is 6.03 Å². The number of nitrogens with zero attached hydrogens (tertiary/aromatic N) is 2. The molecular weight excluding hydrogens is 385 g/mol. The van der Waals surface area contributed by atoms with E-state index >= 15 is 0 Å². The molecule has 1 saturated heterocycles. The summed E-state index contributed by atoms with van der Waals surface area (Å²) in [6.45, 7) is 3.96. The van der Waals surface area contributed by atoms with Gasteiger partial charge in [0.15, 0.2) is 0 Å². The van der Waals surface area contributed by atoms with E-state index in [2.05, 4.69) is 5.32 Å². The lowest BCUT2D eigenvalue weighted by atomic mass is 9.85. The quantitative estimate of drug-likeness (QED) is 0.677. The summed E-state index contributed by atoms with van der Waals surface area (Å²) in [5, 5.41) is 2.82. The number of halogens is 1. The fraction of sp³-hybridized carbons (Fsp3) is 0.348. The zero-order valence-electron chi connectivity index (χ0n) is 17.2. The molecule has 3 rings (SSSR count). The van der Waals surface area contributed by atoms with Gasteiger partial charge in [-0.1, -0.05) is 55.8 Å². The van der Waals surface area contributed by atoms with Gasteiger partial charge in [-0.2, -0.15) is 0 Å². The van der Waals surface area contributed by atoms with Crippen LogP contribution in [0.15, 0.2) is 54.6 Å². The molecule has 0 spiro atoms. The first kappa shape index (κ1) is 21.5. The van der Waals surface area contributed by atoms with Crippen LogP contribution in [0, 0.1) is 5.82 Å². The average Bonchev–Trinajstić information content (AvgIpc) is 2.98. The standard InChI is InChI=1S/C23H26FN3O3/c1-3-13-23(18-10-6-5-7-11-18)21(29)27(22(30)25-23)16-20(28)26(4-2)15-17-9-8-12-19(24)14-17/h5-12,14H,3-4,13,15-16H2,1-2H3,(H,25,30)/t23-/m0/s1. The van der Waals surface area contributed by atoms with Crippen molar-refractivity contribution in [2.75, 3.05) is 13.1 Å². The van der Waals surface area contributed by atoms with Crippen LogP contribution in [0.4, 0.5) is 9.18 Å². The Kier molecular flexibility index (Phi) is 6.50. The van der Waals surface area contributed by atoms with E-state index in [1.807, 2.05) is 37.3 Å². The SMILES string of the molecule is CCC[C@@]1(c2ccccc2)NC(=O)N(CC(=O)N(CC)Cc2cccc(F)c2)C1=O. The summed E-state index contributed by atoms with van der Waals surface area (Å²) in [5.41, 5.74) is 0.187. The number of carbonyl (C=O) groups is 3. The number of likely N-dealkylation sites (N-methyl/N-ethyl adjacent to an activating group) is 1. The number of hydrogen-bond donors (Lipinski definition) is 1. The van der Waals surface area contributed by atoms with E-state index in [1.54, 1.807) is 19.1 Å². The highest BCUT2D eigenvalue weighted by atomic mass is 19.1. The van der Waals surface area contributed by atoms with Crippen LogP contribution in [-0.2, 0) is 21.7 Å². The van der Waals surface area contributed by atoms with Gasteiger partial charge in [0.2, 0.25) is 5.91 Å². The molecule has 1 fully saturated rings. The number of hydrogen-bond acceptors (Lipinski definition) is 3. The molecule has 6 nitrogen and oxygen atoms in total. The smallest absolute Gasteiger partial charge is 0.325 e. The van der Waals surface area contributed by atoms with Crippen LogP contribution >= 0.6 is 0 Å². The molecular formula is C23H26FN3O3. The Bertz CT molecular complexity index is 934. The number of urea groups is 1. The number of rotatable bonds is 8. The summed E-state index contributed by atoms with van der Waals surface area (Å²) in [6, 6.07) is 14.5. The molecule has 4 amide bonds. The van der Waals surface area contributed by atoms with Crippen molar-refractivity contribution in [2.45, 2.75) is 38.8 Å². The van der Waals surface area contributed by atoms with Crippen molar-refractivity contribution in [3.05, 3.63) is 71.5 Å². The lowest BCUT2D eigenvalue weighted by molar-refractivity contribution is -0.139. The summed E-state index contributed by atoms with van der Waals surface area (Å²) in [5.74, 6) is -1.17. The molecule has 0 unspecified atom stereocenters. The van der Waals surface area contributed by atoms with Crippen LogP contribution in [-0.4, -0.2) is 40.7 Å². The fourth-order valence-electron chi connectivity index (χ4n) is 3.84. The molecule has 0 saturated carbocycles. The maximum Gasteiger partial charge on any atom is 0.325 e. The highest BCUT2D eigenvalue weighted by molar-refractivity contribution is 6.09. The number of imide groups is 1. The van der Waals surface area contributed by atoms with Gasteiger partial charge < -0.3 is 10.2 Å². The van der Waals surface area contributed by atoms with Crippen LogP contribution in [0.25, 0.3) is 0 Å². The summed E-state index contributed by atoms with van der Waals surface area (Å²) in [7, 11) is 0. The van der Waals surface area contributed by atoms with Crippen molar-refractivity contribution in [3.63, 3.8) is 0 Å². The molecule has 0 aliphatic carbocycles. The maximum absolute atomic E-state index is 13.5. The summed E-state index contributed by atoms with van der Waals surface area (Å²) in [4.78, 5) is 41.3. The fourth-order valence-corrected chi connectivity index (χ4v) is 3.84. The molecule has 1 aliphatic heterocycles. The first-order chi connectivity index (χ1) is 14.4. The molecule has 1 atom stereocenters. The molecule has 30 heavy (non-hydrogen) atoms. The van der Waals surface area contributed by atoms with E-state index in [4.69, 9.17) is 0 Å². The highest BCUT2D eigenvalue weighted by Gasteiger charge is 2.52. The van der Waals surface area contributed by atoms with E-state index in [-0.39, 0.29) is 24.8 Å². The van der Waals surface area contributed by atoms with E-state index in [9.17, 15) is 18.8 Å². The highest BCUT2D eigenvalue weighted by Crippen LogP contribution is 2.33. The largest absolute Gasteiger partial charge is 0.337 e. The van der Waals surface area contributed by atoms with E-state index in [0.29, 0.717) is 30.5 Å². The van der Waals surface area contributed by atoms with Crippen molar-refractivity contribution >= 4 is 17.8 Å². The molecule has 1 N–H and O–H groups in total. The maximum atomic E-state index is 13.5. The lowest BCUT2D eigenvalue weighted by Crippen LogP contribution is -2.45. The third-order valence-electron chi connectivity index (χ3n) is 5.36. The first-order valence-corrected chi connectivity index (χ1v) is 10.1. The molecule has 0 aromatic heterocycles. The Hall–Kier alpha value is -3.22. The Morgan fingerprint density at radius 3 is 2.47 bits per heavy atom. The van der Waals surface area contributed by atoms with E-state index < -0.39 is 17.5 Å². The third kappa shape index (κ3) is 4.20. The minimum Gasteiger partial charge on any atom is -0.337 e. The number of amides is 4. The Morgan fingerprint density at radius 1 is 1.10 bits per heavy atom. The van der Waals surface area contributed by atoms with Crippen molar-refractivity contribution in [3.8, 4) is 0 Å². The van der Waals surface area contributed by atoms with Gasteiger partial charge in [-0.3, -0.25) is 14.5 Å². The molecule has 7 heteroatoms. The first-order valence-electron chi connectivity index (χ1n) is 10.1. The molecule has 1 heterocycles. The van der Waals surface area contributed by atoms with Crippen molar-refractivity contribution in [1.29, 1.82) is 0 Å². The zero-order chi connectivity index (χ0) is 21.7. The summed E-state index contributed by atoms with van der Waals surface area (Å²) in [6.07, 6.45) is 1.12. The van der Waals surface area contributed by atoms with Crippen molar-refractivity contribution in [2.24, 2.45) is 0 Å². The second-order valence-electron chi connectivity index (χ2n) is 7.38. The van der Waals surface area contributed by atoms with Crippen LogP contribution in [0.3, 0.4) is 0 Å². The molecule has 0 radical (unpaired) electrons. The van der Waals surface area contributed by atoms with Crippen LogP contribution in [0.5, 0.6) is 0 Å². The topological polar surface area (TPSA) is 69.7 Å². The molecule has 158 valence electrons. The van der Waals surface area contributed by atoms with E-state index in [0.717, 1.165) is 4.90 Å². The van der Waals surface area contributed by atoms with Gasteiger partial charge in [-0.15, -0.1) is 0 Å². The Morgan fingerprint density at radius 2 is 1.83 bits per heavy atom. The number of benzene rings is 2. The summed E-state index contributed by atoms with van der Waals surface area (Å²) >= 11 is 0. The van der Waals surface area contributed by atoms with Crippen molar-refractivity contribution < 1.29 is 18.8 Å². The molecule has 0 bridgehead atoms. The minimum absolute atomic E-state index is 0.204. The van der Waals surface area contributed by atoms with Gasteiger partial charge in [-0.25, -0.2) is 9.18 Å². The van der Waals surface area contributed by atoms with Gasteiger partial charge in [0, 0.05) is 13.1 Å². The van der Waals surface area contributed by atoms with Crippen LogP contribution in [0.1, 0.15) is 37.8 Å². The van der Waals surface area contributed by atoms with Crippen LogP contribution in [0.2, 0.25) is 0 Å². The second kappa shape index (κ2) is 9.07.